The van der Waals surface area contributed by atoms with Gasteiger partial charge in [0.25, 0.3) is 0 Å². The SMILES string of the molecule is CC(=NNc1nc(C)nc2ccccc12)c1cccc(C)c1. The first-order valence-electron chi connectivity index (χ1n) is 7.24. The Morgan fingerprint density at radius 1 is 1.00 bits per heavy atom. The average molecular weight is 290 g/mol. The minimum Gasteiger partial charge on any atom is -0.260 e. The molecule has 0 unspecified atom stereocenters. The Kier molecular flexibility index (Phi) is 3.83. The molecule has 0 atom stereocenters. The summed E-state index contributed by atoms with van der Waals surface area (Å²) in [5, 5.41) is 5.44. The van der Waals surface area contributed by atoms with E-state index in [-0.39, 0.29) is 0 Å². The number of nitrogens with zero attached hydrogens (tertiary/aromatic N) is 3. The second kappa shape index (κ2) is 5.93. The Hall–Kier alpha value is -2.75. The third-order valence-electron chi connectivity index (χ3n) is 3.48. The number of hydrogen-bond donors (Lipinski definition) is 1. The van der Waals surface area contributed by atoms with E-state index >= 15 is 0 Å². The molecule has 0 spiro atoms. The summed E-state index contributed by atoms with van der Waals surface area (Å²) >= 11 is 0. The van der Waals surface area contributed by atoms with E-state index < -0.39 is 0 Å². The van der Waals surface area contributed by atoms with E-state index in [1.165, 1.54) is 5.56 Å². The van der Waals surface area contributed by atoms with Crippen molar-refractivity contribution in [3.63, 3.8) is 0 Å². The van der Waals surface area contributed by atoms with Crippen LogP contribution in [0, 0.1) is 13.8 Å². The number of hydrazone groups is 1. The van der Waals surface area contributed by atoms with Crippen molar-refractivity contribution >= 4 is 22.4 Å². The quantitative estimate of drug-likeness (QED) is 0.584. The molecular weight excluding hydrogens is 272 g/mol. The molecule has 0 aliphatic heterocycles. The fourth-order valence-corrected chi connectivity index (χ4v) is 2.35. The molecule has 0 radical (unpaired) electrons. The molecular formula is C18H18N4. The molecule has 2 aromatic carbocycles. The molecule has 1 N–H and O–H groups in total. The van der Waals surface area contributed by atoms with Crippen LogP contribution in [0.25, 0.3) is 10.9 Å². The lowest BCUT2D eigenvalue weighted by Crippen LogP contribution is -2.03. The zero-order chi connectivity index (χ0) is 15.5. The van der Waals surface area contributed by atoms with Gasteiger partial charge in [0.2, 0.25) is 0 Å². The summed E-state index contributed by atoms with van der Waals surface area (Å²) in [5.74, 6) is 1.46. The Morgan fingerprint density at radius 3 is 2.64 bits per heavy atom. The molecule has 0 aliphatic rings. The van der Waals surface area contributed by atoms with Crippen LogP contribution in [0.1, 0.15) is 23.9 Å². The minimum absolute atomic E-state index is 0.726. The largest absolute Gasteiger partial charge is 0.260 e. The Labute approximate surface area is 129 Å². The van der Waals surface area contributed by atoms with Gasteiger partial charge in [0, 0.05) is 5.39 Å². The highest BCUT2D eigenvalue weighted by molar-refractivity contribution is 5.99. The fourth-order valence-electron chi connectivity index (χ4n) is 2.35. The van der Waals surface area contributed by atoms with Crippen molar-refractivity contribution in [1.82, 2.24) is 9.97 Å². The van der Waals surface area contributed by atoms with Gasteiger partial charge in [-0.15, -0.1) is 0 Å². The van der Waals surface area contributed by atoms with Gasteiger partial charge in [-0.1, -0.05) is 42.0 Å². The van der Waals surface area contributed by atoms with Gasteiger partial charge in [0.1, 0.15) is 5.82 Å². The van der Waals surface area contributed by atoms with Gasteiger partial charge in [-0.3, -0.25) is 5.43 Å². The van der Waals surface area contributed by atoms with Crippen molar-refractivity contribution < 1.29 is 0 Å². The maximum Gasteiger partial charge on any atom is 0.157 e. The number of hydrogen-bond acceptors (Lipinski definition) is 4. The van der Waals surface area contributed by atoms with Crippen LogP contribution in [-0.4, -0.2) is 15.7 Å². The third kappa shape index (κ3) is 2.96. The number of fused-ring (bicyclic) bond motifs is 1. The highest BCUT2D eigenvalue weighted by Gasteiger charge is 2.05. The van der Waals surface area contributed by atoms with E-state index in [1.807, 2.05) is 44.2 Å². The lowest BCUT2D eigenvalue weighted by molar-refractivity contribution is 1.08. The summed E-state index contributed by atoms with van der Waals surface area (Å²) in [6.45, 7) is 5.94. The average Bonchev–Trinajstić information content (AvgIpc) is 2.52. The Morgan fingerprint density at radius 2 is 1.82 bits per heavy atom. The molecule has 4 nitrogen and oxygen atoms in total. The summed E-state index contributed by atoms with van der Waals surface area (Å²) in [6, 6.07) is 16.2. The van der Waals surface area contributed by atoms with Gasteiger partial charge in [-0.05, 0) is 38.5 Å². The zero-order valence-corrected chi connectivity index (χ0v) is 13.0. The lowest BCUT2D eigenvalue weighted by Gasteiger charge is -2.07. The second-order valence-corrected chi connectivity index (χ2v) is 5.32. The molecule has 0 aliphatic carbocycles. The van der Waals surface area contributed by atoms with Crippen molar-refractivity contribution in [1.29, 1.82) is 0 Å². The number of rotatable bonds is 3. The zero-order valence-electron chi connectivity index (χ0n) is 13.0. The molecule has 1 heterocycles. The van der Waals surface area contributed by atoms with Crippen LogP contribution in [0.4, 0.5) is 5.82 Å². The van der Waals surface area contributed by atoms with Crippen LogP contribution in [0.2, 0.25) is 0 Å². The Bertz CT molecular complexity index is 853. The summed E-state index contributed by atoms with van der Waals surface area (Å²) in [5.41, 5.74) is 7.24. The molecule has 4 heteroatoms. The highest BCUT2D eigenvalue weighted by Crippen LogP contribution is 2.20. The lowest BCUT2D eigenvalue weighted by atomic mass is 10.1. The van der Waals surface area contributed by atoms with Crippen molar-refractivity contribution in [3.05, 3.63) is 65.5 Å². The second-order valence-electron chi connectivity index (χ2n) is 5.32. The first-order chi connectivity index (χ1) is 10.6. The van der Waals surface area contributed by atoms with Gasteiger partial charge >= 0.3 is 0 Å². The third-order valence-corrected chi connectivity index (χ3v) is 3.48. The first kappa shape index (κ1) is 14.2. The van der Waals surface area contributed by atoms with E-state index in [1.54, 1.807) is 0 Å². The molecule has 1 aromatic heterocycles. The molecule has 0 fully saturated rings. The molecule has 3 aromatic rings. The number of para-hydroxylation sites is 1. The predicted octanol–water partition coefficient (Wildman–Crippen LogP) is 4.08. The molecule has 3 rings (SSSR count). The van der Waals surface area contributed by atoms with Crippen molar-refractivity contribution in [2.75, 3.05) is 5.43 Å². The first-order valence-corrected chi connectivity index (χ1v) is 7.24. The summed E-state index contributed by atoms with van der Waals surface area (Å²) < 4.78 is 0. The van der Waals surface area contributed by atoms with E-state index in [2.05, 4.69) is 45.6 Å². The normalized spacial score (nSPS) is 11.7. The number of nitrogens with one attached hydrogen (secondary N) is 1. The van der Waals surface area contributed by atoms with Crippen molar-refractivity contribution in [2.45, 2.75) is 20.8 Å². The van der Waals surface area contributed by atoms with E-state index in [4.69, 9.17) is 0 Å². The van der Waals surface area contributed by atoms with Crippen LogP contribution < -0.4 is 5.43 Å². The maximum atomic E-state index is 4.47. The Balaban J connectivity index is 1.95. The maximum absolute atomic E-state index is 4.47. The van der Waals surface area contributed by atoms with Crippen molar-refractivity contribution in [3.8, 4) is 0 Å². The van der Waals surface area contributed by atoms with Crippen LogP contribution in [0.15, 0.2) is 53.6 Å². The number of aromatic nitrogens is 2. The molecule has 0 bridgehead atoms. The molecule has 110 valence electrons. The fraction of sp³-hybridized carbons (Fsp3) is 0.167. The van der Waals surface area contributed by atoms with Gasteiger partial charge in [0.05, 0.1) is 11.2 Å². The van der Waals surface area contributed by atoms with Gasteiger partial charge < -0.3 is 0 Å². The number of anilines is 1. The molecule has 0 saturated carbocycles. The number of benzene rings is 2. The van der Waals surface area contributed by atoms with Gasteiger partial charge in [0.15, 0.2) is 5.82 Å². The molecule has 22 heavy (non-hydrogen) atoms. The van der Waals surface area contributed by atoms with Crippen LogP contribution in [-0.2, 0) is 0 Å². The van der Waals surface area contributed by atoms with E-state index in [0.717, 1.165) is 33.8 Å². The highest BCUT2D eigenvalue weighted by atomic mass is 15.3. The van der Waals surface area contributed by atoms with Crippen LogP contribution >= 0.6 is 0 Å². The van der Waals surface area contributed by atoms with Crippen LogP contribution in [0.3, 0.4) is 0 Å². The minimum atomic E-state index is 0.726. The predicted molar refractivity (Wildman–Crippen MR) is 91.3 cm³/mol. The van der Waals surface area contributed by atoms with E-state index in [0.29, 0.717) is 0 Å². The van der Waals surface area contributed by atoms with E-state index in [9.17, 15) is 0 Å². The standard InChI is InChI=1S/C18H18N4/c1-12-7-6-8-15(11-12)13(2)21-22-18-16-9-4-5-10-17(16)19-14(3)20-18/h4-11H,1-3H3,(H,19,20,22). The smallest absolute Gasteiger partial charge is 0.157 e. The van der Waals surface area contributed by atoms with Crippen LogP contribution in [0.5, 0.6) is 0 Å². The number of aryl methyl sites for hydroxylation is 2. The van der Waals surface area contributed by atoms with Gasteiger partial charge in [-0.2, -0.15) is 5.10 Å². The molecule has 0 amide bonds. The van der Waals surface area contributed by atoms with Gasteiger partial charge in [-0.25, -0.2) is 9.97 Å². The summed E-state index contributed by atoms with van der Waals surface area (Å²) in [4.78, 5) is 8.89. The topological polar surface area (TPSA) is 50.2 Å². The summed E-state index contributed by atoms with van der Waals surface area (Å²) in [7, 11) is 0. The summed E-state index contributed by atoms with van der Waals surface area (Å²) in [6.07, 6.45) is 0. The van der Waals surface area contributed by atoms with Crippen molar-refractivity contribution in [2.24, 2.45) is 5.10 Å². The monoisotopic (exact) mass is 290 g/mol. The molecule has 0 saturated heterocycles.